The van der Waals surface area contributed by atoms with Crippen molar-refractivity contribution in [1.82, 2.24) is 5.32 Å². The van der Waals surface area contributed by atoms with Crippen LogP contribution in [-0.2, 0) is 22.8 Å². The Labute approximate surface area is 136 Å². The van der Waals surface area contributed by atoms with Gasteiger partial charge in [-0.05, 0) is 48.6 Å². The normalized spacial score (nSPS) is 15.7. The lowest BCUT2D eigenvalue weighted by molar-refractivity contribution is 0.0950. The maximum absolute atomic E-state index is 12.2. The number of benzene rings is 2. The first-order valence-corrected chi connectivity index (χ1v) is 9.31. The molecule has 1 aliphatic heterocycles. The molecule has 0 atom stereocenters. The molecule has 1 aliphatic rings. The summed E-state index contributed by atoms with van der Waals surface area (Å²) in [6, 6.07) is 12.8. The largest absolute Gasteiger partial charge is 0.348 e. The van der Waals surface area contributed by atoms with Crippen molar-refractivity contribution in [3.05, 3.63) is 64.7 Å². The van der Waals surface area contributed by atoms with Crippen LogP contribution in [0, 0.1) is 6.92 Å². The Kier molecular flexibility index (Phi) is 4.22. The molecule has 23 heavy (non-hydrogen) atoms. The quantitative estimate of drug-likeness (QED) is 0.941. The average molecular weight is 329 g/mol. The molecule has 1 heterocycles. The molecule has 3 rings (SSSR count). The first kappa shape index (κ1) is 15.7. The molecule has 0 saturated carbocycles. The molecule has 4 nitrogen and oxygen atoms in total. The fraction of sp³-hybridized carbons (Fsp3) is 0.278. The Bertz CT molecular complexity index is 856. The Hall–Kier alpha value is -2.14. The van der Waals surface area contributed by atoms with Gasteiger partial charge >= 0.3 is 0 Å². The van der Waals surface area contributed by atoms with E-state index >= 15 is 0 Å². The van der Waals surface area contributed by atoms with E-state index in [-0.39, 0.29) is 11.7 Å². The molecule has 0 spiro atoms. The predicted octanol–water partition coefficient (Wildman–Crippen LogP) is 2.64. The van der Waals surface area contributed by atoms with Crippen LogP contribution in [-0.4, -0.2) is 20.1 Å². The number of rotatable bonds is 3. The summed E-state index contributed by atoms with van der Waals surface area (Å²) in [5, 5.41) is 2.90. The van der Waals surface area contributed by atoms with E-state index in [1.54, 1.807) is 18.2 Å². The van der Waals surface area contributed by atoms with Crippen molar-refractivity contribution in [2.75, 3.05) is 5.75 Å². The van der Waals surface area contributed by atoms with Gasteiger partial charge in [-0.1, -0.05) is 30.3 Å². The minimum Gasteiger partial charge on any atom is -0.348 e. The molecule has 5 heteroatoms. The number of hydrogen-bond donors (Lipinski definition) is 1. The maximum atomic E-state index is 12.2. The molecule has 0 bridgehead atoms. The van der Waals surface area contributed by atoms with Gasteiger partial charge in [-0.2, -0.15) is 0 Å². The van der Waals surface area contributed by atoms with Crippen molar-refractivity contribution in [2.45, 2.75) is 31.2 Å². The van der Waals surface area contributed by atoms with Crippen LogP contribution in [0.2, 0.25) is 0 Å². The topological polar surface area (TPSA) is 63.2 Å². The Balaban J connectivity index is 1.75. The molecule has 120 valence electrons. The van der Waals surface area contributed by atoms with Gasteiger partial charge < -0.3 is 5.32 Å². The van der Waals surface area contributed by atoms with Crippen LogP contribution in [0.1, 0.15) is 33.5 Å². The molecular formula is C18H19NO3S. The summed E-state index contributed by atoms with van der Waals surface area (Å²) in [6.07, 6.45) is 1.43. The Morgan fingerprint density at radius 3 is 2.74 bits per heavy atom. The van der Waals surface area contributed by atoms with Gasteiger partial charge in [-0.25, -0.2) is 8.42 Å². The molecule has 0 aromatic heterocycles. The summed E-state index contributed by atoms with van der Waals surface area (Å²) in [6.45, 7) is 2.29. The van der Waals surface area contributed by atoms with Crippen molar-refractivity contribution in [2.24, 2.45) is 0 Å². The van der Waals surface area contributed by atoms with Crippen molar-refractivity contribution in [3.63, 3.8) is 0 Å². The first-order valence-electron chi connectivity index (χ1n) is 7.66. The lowest BCUT2D eigenvalue weighted by Crippen LogP contribution is -2.24. The van der Waals surface area contributed by atoms with Crippen molar-refractivity contribution < 1.29 is 13.2 Å². The van der Waals surface area contributed by atoms with Gasteiger partial charge in [-0.3, -0.25) is 4.79 Å². The van der Waals surface area contributed by atoms with Crippen molar-refractivity contribution in [1.29, 1.82) is 0 Å². The molecule has 0 aliphatic carbocycles. The van der Waals surface area contributed by atoms with E-state index in [0.717, 1.165) is 23.1 Å². The third kappa shape index (κ3) is 3.29. The number of fused-ring (bicyclic) bond motifs is 1. The minimum absolute atomic E-state index is 0.117. The predicted molar refractivity (Wildman–Crippen MR) is 89.2 cm³/mol. The van der Waals surface area contributed by atoms with Gasteiger partial charge in [-0.15, -0.1) is 0 Å². The SMILES string of the molecule is Cc1ccccc1C(=O)NCc1ccc2c(c1)CCCS2(=O)=O. The van der Waals surface area contributed by atoms with E-state index in [0.29, 0.717) is 23.4 Å². The fourth-order valence-electron chi connectivity index (χ4n) is 2.91. The monoisotopic (exact) mass is 329 g/mol. The van der Waals surface area contributed by atoms with Crippen LogP contribution >= 0.6 is 0 Å². The number of amides is 1. The van der Waals surface area contributed by atoms with Crippen LogP contribution in [0.15, 0.2) is 47.4 Å². The number of hydrogen-bond acceptors (Lipinski definition) is 3. The van der Waals surface area contributed by atoms with Gasteiger partial charge in [0.25, 0.3) is 5.91 Å². The summed E-state index contributed by atoms with van der Waals surface area (Å²) in [4.78, 5) is 12.7. The molecule has 2 aromatic rings. The van der Waals surface area contributed by atoms with Gasteiger partial charge in [0.05, 0.1) is 10.6 Å². The molecule has 0 fully saturated rings. The molecule has 1 N–H and O–H groups in total. The number of aryl methyl sites for hydroxylation is 2. The van der Waals surface area contributed by atoms with Gasteiger partial charge in [0.1, 0.15) is 0 Å². The first-order chi connectivity index (χ1) is 11.0. The van der Waals surface area contributed by atoms with Crippen LogP contribution in [0.25, 0.3) is 0 Å². The number of nitrogens with one attached hydrogen (secondary N) is 1. The smallest absolute Gasteiger partial charge is 0.251 e. The standard InChI is InChI=1S/C18H19NO3S/c1-13-5-2-3-7-16(13)18(20)19-12-14-8-9-17-15(11-14)6-4-10-23(17,21)22/h2-3,5,7-9,11H,4,6,10,12H2,1H3,(H,19,20). The highest BCUT2D eigenvalue weighted by molar-refractivity contribution is 7.91. The average Bonchev–Trinajstić information content (AvgIpc) is 2.52. The lowest BCUT2D eigenvalue weighted by atomic mass is 10.1. The molecular weight excluding hydrogens is 310 g/mol. The minimum atomic E-state index is -3.13. The van der Waals surface area contributed by atoms with Crippen molar-refractivity contribution in [3.8, 4) is 0 Å². The molecule has 2 aromatic carbocycles. The van der Waals surface area contributed by atoms with E-state index in [1.807, 2.05) is 31.2 Å². The Morgan fingerprint density at radius 2 is 1.96 bits per heavy atom. The fourth-order valence-corrected chi connectivity index (χ4v) is 4.49. The lowest BCUT2D eigenvalue weighted by Gasteiger charge is -2.17. The van der Waals surface area contributed by atoms with Crippen LogP contribution < -0.4 is 5.32 Å². The second-order valence-corrected chi connectivity index (χ2v) is 7.94. The zero-order valence-electron chi connectivity index (χ0n) is 13.0. The highest BCUT2D eigenvalue weighted by Gasteiger charge is 2.23. The van der Waals surface area contributed by atoms with E-state index in [2.05, 4.69) is 5.32 Å². The molecule has 0 saturated heterocycles. The summed E-state index contributed by atoms with van der Waals surface area (Å²) in [5.41, 5.74) is 3.37. The van der Waals surface area contributed by atoms with Gasteiger partial charge in [0.2, 0.25) is 0 Å². The summed E-state index contributed by atoms with van der Waals surface area (Å²) >= 11 is 0. The molecule has 1 amide bonds. The third-order valence-electron chi connectivity index (χ3n) is 4.16. The maximum Gasteiger partial charge on any atom is 0.251 e. The zero-order valence-corrected chi connectivity index (χ0v) is 13.8. The number of carbonyl (C=O) groups excluding carboxylic acids is 1. The molecule has 0 radical (unpaired) electrons. The van der Waals surface area contributed by atoms with Crippen LogP contribution in [0.4, 0.5) is 0 Å². The van der Waals surface area contributed by atoms with Crippen molar-refractivity contribution >= 4 is 15.7 Å². The number of sulfone groups is 1. The van der Waals surface area contributed by atoms with E-state index < -0.39 is 9.84 Å². The van der Waals surface area contributed by atoms with Crippen LogP contribution in [0.3, 0.4) is 0 Å². The van der Waals surface area contributed by atoms with Crippen LogP contribution in [0.5, 0.6) is 0 Å². The van der Waals surface area contributed by atoms with E-state index in [1.165, 1.54) is 0 Å². The second kappa shape index (κ2) is 6.16. The molecule has 0 unspecified atom stereocenters. The second-order valence-electron chi connectivity index (χ2n) is 5.86. The summed E-state index contributed by atoms with van der Waals surface area (Å²) < 4.78 is 24.0. The third-order valence-corrected chi connectivity index (χ3v) is 6.06. The highest BCUT2D eigenvalue weighted by Crippen LogP contribution is 2.25. The van der Waals surface area contributed by atoms with E-state index in [4.69, 9.17) is 0 Å². The summed E-state index contributed by atoms with van der Waals surface area (Å²) in [5.74, 6) is 0.108. The van der Waals surface area contributed by atoms with Gasteiger partial charge in [0.15, 0.2) is 9.84 Å². The zero-order chi connectivity index (χ0) is 16.4. The number of carbonyl (C=O) groups is 1. The van der Waals surface area contributed by atoms with Gasteiger partial charge in [0, 0.05) is 12.1 Å². The summed E-state index contributed by atoms with van der Waals surface area (Å²) in [7, 11) is -3.13. The highest BCUT2D eigenvalue weighted by atomic mass is 32.2. The van der Waals surface area contributed by atoms with E-state index in [9.17, 15) is 13.2 Å². The Morgan fingerprint density at radius 1 is 1.17 bits per heavy atom.